The molecule has 1 amide bonds. The lowest BCUT2D eigenvalue weighted by atomic mass is 10.1. The third-order valence-electron chi connectivity index (χ3n) is 4.74. The van der Waals surface area contributed by atoms with E-state index >= 15 is 0 Å². The van der Waals surface area contributed by atoms with E-state index in [1.807, 2.05) is 4.90 Å². The third-order valence-corrected chi connectivity index (χ3v) is 4.74. The smallest absolute Gasteiger partial charge is 0.275 e. The number of aromatic nitrogens is 3. The largest absolute Gasteiger partial charge is 0.397 e. The number of benzene rings is 1. The first kappa shape index (κ1) is 18.8. The maximum atomic E-state index is 13.0. The second-order valence-electron chi connectivity index (χ2n) is 6.65. The van der Waals surface area contributed by atoms with Crippen LogP contribution in [0.4, 0.5) is 21.6 Å². The number of halogens is 1. The normalized spacial score (nSPS) is 13.8. The van der Waals surface area contributed by atoms with Crippen LogP contribution in [-0.4, -0.2) is 47.2 Å². The van der Waals surface area contributed by atoms with Crippen LogP contribution in [0.15, 0.2) is 48.9 Å². The number of carbonyl (C=O) groups is 1. The van der Waals surface area contributed by atoms with E-state index in [2.05, 4.69) is 20.3 Å². The van der Waals surface area contributed by atoms with Gasteiger partial charge >= 0.3 is 0 Å². The van der Waals surface area contributed by atoms with Gasteiger partial charge < -0.3 is 20.7 Å². The Kier molecular flexibility index (Phi) is 5.05. The summed E-state index contributed by atoms with van der Waals surface area (Å²) >= 11 is 0. The number of nitrogens with one attached hydrogen (secondary N) is 1. The number of ether oxygens (including phenoxy) is 1. The van der Waals surface area contributed by atoms with Crippen LogP contribution in [-0.2, 0) is 4.74 Å². The highest BCUT2D eigenvalue weighted by Crippen LogP contribution is 2.27. The van der Waals surface area contributed by atoms with Crippen LogP contribution in [0, 0.1) is 5.95 Å². The lowest BCUT2D eigenvalue weighted by molar-refractivity contribution is 0.0782. The van der Waals surface area contributed by atoms with E-state index in [0.29, 0.717) is 22.8 Å². The van der Waals surface area contributed by atoms with Gasteiger partial charge in [-0.3, -0.25) is 4.79 Å². The molecule has 29 heavy (non-hydrogen) atoms. The Morgan fingerprint density at radius 3 is 2.59 bits per heavy atom. The second-order valence-corrected chi connectivity index (χ2v) is 6.65. The lowest BCUT2D eigenvalue weighted by Crippen LogP contribution is -2.52. The van der Waals surface area contributed by atoms with Crippen molar-refractivity contribution in [3.05, 3.63) is 60.6 Å². The summed E-state index contributed by atoms with van der Waals surface area (Å²) in [5, 5.41) is 2.75. The first-order valence-electron chi connectivity index (χ1n) is 8.96. The van der Waals surface area contributed by atoms with E-state index in [1.165, 1.54) is 18.5 Å². The molecule has 1 aliphatic heterocycles. The SMILES string of the molecule is COC1CN(c2cnc(C(=O)Nc3cc(-c4ccc(F)nc4)ccc3N)cn2)C1. The highest BCUT2D eigenvalue weighted by atomic mass is 19.1. The number of nitrogen functional groups attached to an aromatic ring is 1. The number of pyridine rings is 1. The monoisotopic (exact) mass is 394 g/mol. The summed E-state index contributed by atoms with van der Waals surface area (Å²) in [7, 11) is 1.68. The molecule has 3 heterocycles. The molecule has 8 nitrogen and oxygen atoms in total. The van der Waals surface area contributed by atoms with E-state index in [1.54, 1.807) is 37.6 Å². The van der Waals surface area contributed by atoms with Crippen LogP contribution < -0.4 is 16.0 Å². The Labute approximate surface area is 166 Å². The molecule has 4 rings (SSSR count). The Bertz CT molecular complexity index is 1020. The van der Waals surface area contributed by atoms with Crippen molar-refractivity contribution in [2.75, 3.05) is 36.1 Å². The molecule has 0 unspecified atom stereocenters. The fraction of sp³-hybridized carbons (Fsp3) is 0.200. The van der Waals surface area contributed by atoms with Gasteiger partial charge in [0.25, 0.3) is 5.91 Å². The predicted molar refractivity (Wildman–Crippen MR) is 107 cm³/mol. The summed E-state index contributed by atoms with van der Waals surface area (Å²) in [6.07, 6.45) is 4.60. The van der Waals surface area contributed by atoms with Crippen LogP contribution in [0.2, 0.25) is 0 Å². The van der Waals surface area contributed by atoms with Crippen LogP contribution in [0.25, 0.3) is 11.1 Å². The minimum absolute atomic E-state index is 0.172. The number of methoxy groups -OCH3 is 1. The van der Waals surface area contributed by atoms with E-state index in [9.17, 15) is 9.18 Å². The number of rotatable bonds is 5. The summed E-state index contributed by atoms with van der Waals surface area (Å²) in [5.41, 5.74) is 8.43. The van der Waals surface area contributed by atoms with Crippen LogP contribution >= 0.6 is 0 Å². The quantitative estimate of drug-likeness (QED) is 0.505. The zero-order valence-electron chi connectivity index (χ0n) is 15.7. The van der Waals surface area contributed by atoms with Crippen molar-refractivity contribution >= 4 is 23.1 Å². The molecule has 1 saturated heterocycles. The van der Waals surface area contributed by atoms with Gasteiger partial charge in [-0.25, -0.2) is 15.0 Å². The predicted octanol–water partition coefficient (Wildman–Crippen LogP) is 2.35. The minimum Gasteiger partial charge on any atom is -0.397 e. The molecule has 0 saturated carbocycles. The molecule has 0 spiro atoms. The molecule has 0 aliphatic carbocycles. The van der Waals surface area contributed by atoms with Gasteiger partial charge in [0.2, 0.25) is 5.95 Å². The number of hydrogen-bond donors (Lipinski definition) is 2. The molecule has 2 aromatic heterocycles. The highest BCUT2D eigenvalue weighted by molar-refractivity contribution is 6.04. The molecular formula is C20H19FN6O2. The number of hydrogen-bond acceptors (Lipinski definition) is 7. The van der Waals surface area contributed by atoms with E-state index in [0.717, 1.165) is 18.7 Å². The summed E-state index contributed by atoms with van der Waals surface area (Å²) in [6.45, 7) is 1.50. The maximum Gasteiger partial charge on any atom is 0.275 e. The van der Waals surface area contributed by atoms with Gasteiger partial charge in [0, 0.05) is 32.0 Å². The topological polar surface area (TPSA) is 106 Å². The lowest BCUT2D eigenvalue weighted by Gasteiger charge is -2.38. The second kappa shape index (κ2) is 7.80. The van der Waals surface area contributed by atoms with Crippen LogP contribution in [0.1, 0.15) is 10.5 Å². The number of carbonyl (C=O) groups excluding carboxylic acids is 1. The van der Waals surface area contributed by atoms with Gasteiger partial charge in [0.1, 0.15) is 11.5 Å². The van der Waals surface area contributed by atoms with Crippen molar-refractivity contribution in [2.24, 2.45) is 0 Å². The highest BCUT2D eigenvalue weighted by Gasteiger charge is 2.27. The molecular weight excluding hydrogens is 375 g/mol. The van der Waals surface area contributed by atoms with Gasteiger partial charge in [0.15, 0.2) is 0 Å². The fourth-order valence-corrected chi connectivity index (χ4v) is 2.95. The number of nitrogens with zero attached hydrogens (tertiary/aromatic N) is 4. The van der Waals surface area contributed by atoms with Gasteiger partial charge in [0.05, 0.1) is 29.9 Å². The number of anilines is 3. The molecule has 0 bridgehead atoms. The average molecular weight is 394 g/mol. The zero-order valence-corrected chi connectivity index (χ0v) is 15.7. The Balaban J connectivity index is 1.48. The first-order valence-corrected chi connectivity index (χ1v) is 8.96. The summed E-state index contributed by atoms with van der Waals surface area (Å²) in [6, 6.07) is 8.02. The van der Waals surface area contributed by atoms with E-state index < -0.39 is 11.9 Å². The van der Waals surface area contributed by atoms with Crippen molar-refractivity contribution in [1.29, 1.82) is 0 Å². The standard InChI is InChI=1S/C20H19FN6O2/c1-29-14-10-27(11-14)19-9-23-17(8-25-19)20(28)26-16-6-12(2-4-15(16)22)13-3-5-18(21)24-7-13/h2-9,14H,10-11,22H2,1H3,(H,26,28). The molecule has 1 aromatic carbocycles. The van der Waals surface area contributed by atoms with Crippen molar-refractivity contribution in [3.63, 3.8) is 0 Å². The van der Waals surface area contributed by atoms with Crippen molar-refractivity contribution < 1.29 is 13.9 Å². The summed E-state index contributed by atoms with van der Waals surface area (Å²) in [4.78, 5) is 26.7. The average Bonchev–Trinajstić information content (AvgIpc) is 2.70. The zero-order chi connectivity index (χ0) is 20.4. The summed E-state index contributed by atoms with van der Waals surface area (Å²) in [5.74, 6) is -0.292. The number of nitrogens with two attached hydrogens (primary N) is 1. The molecule has 9 heteroatoms. The van der Waals surface area contributed by atoms with Crippen LogP contribution in [0.5, 0.6) is 0 Å². The minimum atomic E-state index is -0.560. The Morgan fingerprint density at radius 1 is 1.14 bits per heavy atom. The van der Waals surface area contributed by atoms with Gasteiger partial charge in [-0.05, 0) is 29.8 Å². The molecule has 1 aliphatic rings. The Morgan fingerprint density at radius 2 is 1.93 bits per heavy atom. The third kappa shape index (κ3) is 3.99. The molecule has 1 fully saturated rings. The van der Waals surface area contributed by atoms with Gasteiger partial charge in [-0.1, -0.05) is 6.07 Å². The molecule has 148 valence electrons. The maximum absolute atomic E-state index is 13.0. The molecule has 3 N–H and O–H groups in total. The van der Waals surface area contributed by atoms with E-state index in [4.69, 9.17) is 10.5 Å². The van der Waals surface area contributed by atoms with Crippen LogP contribution in [0.3, 0.4) is 0 Å². The van der Waals surface area contributed by atoms with E-state index in [-0.39, 0.29) is 11.8 Å². The fourth-order valence-electron chi connectivity index (χ4n) is 2.95. The van der Waals surface area contributed by atoms with Crippen molar-refractivity contribution in [2.45, 2.75) is 6.10 Å². The van der Waals surface area contributed by atoms with Gasteiger partial charge in [-0.2, -0.15) is 4.39 Å². The summed E-state index contributed by atoms with van der Waals surface area (Å²) < 4.78 is 18.3. The molecule has 0 radical (unpaired) electrons. The number of amides is 1. The van der Waals surface area contributed by atoms with Crippen molar-refractivity contribution in [1.82, 2.24) is 15.0 Å². The molecule has 3 aromatic rings. The van der Waals surface area contributed by atoms with Gasteiger partial charge in [-0.15, -0.1) is 0 Å². The first-order chi connectivity index (χ1) is 14.0. The molecule has 0 atom stereocenters. The Hall–Kier alpha value is -3.59. The van der Waals surface area contributed by atoms with Crippen molar-refractivity contribution in [3.8, 4) is 11.1 Å².